The predicted octanol–water partition coefficient (Wildman–Crippen LogP) is 2.56. The molecule has 0 radical (unpaired) electrons. The minimum Gasteiger partial charge on any atom is -0.454 e. The first-order valence-corrected chi connectivity index (χ1v) is 13.5. The third kappa shape index (κ3) is 7.11. The van der Waals surface area contributed by atoms with Crippen LogP contribution in [-0.4, -0.2) is 63.9 Å². The Morgan fingerprint density at radius 2 is 1.77 bits per heavy atom. The lowest BCUT2D eigenvalue weighted by molar-refractivity contribution is -0.139. The van der Waals surface area contributed by atoms with Gasteiger partial charge in [-0.1, -0.05) is 30.3 Å². The van der Waals surface area contributed by atoms with E-state index < -0.39 is 16.1 Å². The molecular formula is C25H33N3O6S. The van der Waals surface area contributed by atoms with Crippen LogP contribution in [0.4, 0.5) is 5.69 Å². The third-order valence-electron chi connectivity index (χ3n) is 5.80. The van der Waals surface area contributed by atoms with Crippen LogP contribution in [0.2, 0.25) is 0 Å². The monoisotopic (exact) mass is 503 g/mol. The number of benzene rings is 2. The average Bonchev–Trinajstić information content (AvgIpc) is 3.29. The largest absolute Gasteiger partial charge is 0.454 e. The Morgan fingerprint density at radius 1 is 1.06 bits per heavy atom. The van der Waals surface area contributed by atoms with E-state index in [0.717, 1.165) is 11.8 Å². The molecule has 0 saturated heterocycles. The Kier molecular flexibility index (Phi) is 8.97. The van der Waals surface area contributed by atoms with Crippen LogP contribution in [0.3, 0.4) is 0 Å². The van der Waals surface area contributed by atoms with Gasteiger partial charge in [0, 0.05) is 32.1 Å². The summed E-state index contributed by atoms with van der Waals surface area (Å²) in [6.45, 7) is 4.61. The number of carbonyl (C=O) groups excluding carboxylic acids is 2. The van der Waals surface area contributed by atoms with Crippen molar-refractivity contribution in [3.8, 4) is 11.5 Å². The number of hydrogen-bond acceptors (Lipinski definition) is 6. The molecule has 35 heavy (non-hydrogen) atoms. The van der Waals surface area contributed by atoms with E-state index in [1.165, 1.54) is 4.31 Å². The number of hydrogen-bond donors (Lipinski definition) is 1. The maximum atomic E-state index is 13.2. The second-order valence-corrected chi connectivity index (χ2v) is 10.3. The molecule has 2 aromatic carbocycles. The van der Waals surface area contributed by atoms with Gasteiger partial charge in [0.1, 0.15) is 6.04 Å². The molecule has 0 spiro atoms. The molecule has 10 heteroatoms. The second kappa shape index (κ2) is 11.9. The minimum absolute atomic E-state index is 0.0920. The molecule has 190 valence electrons. The summed E-state index contributed by atoms with van der Waals surface area (Å²) >= 11 is 0. The van der Waals surface area contributed by atoms with Crippen molar-refractivity contribution in [1.29, 1.82) is 0 Å². The number of carbonyl (C=O) groups is 2. The number of rotatable bonds is 12. The number of amides is 2. The van der Waals surface area contributed by atoms with Crippen molar-refractivity contribution >= 4 is 27.5 Å². The van der Waals surface area contributed by atoms with Crippen molar-refractivity contribution in [3.05, 3.63) is 54.1 Å². The van der Waals surface area contributed by atoms with E-state index in [-0.39, 0.29) is 31.6 Å². The van der Waals surface area contributed by atoms with Crippen LogP contribution in [0, 0.1) is 0 Å². The van der Waals surface area contributed by atoms with Crippen LogP contribution >= 0.6 is 0 Å². The molecule has 2 amide bonds. The van der Waals surface area contributed by atoms with Gasteiger partial charge >= 0.3 is 0 Å². The van der Waals surface area contributed by atoms with Gasteiger partial charge in [-0.3, -0.25) is 13.9 Å². The highest BCUT2D eigenvalue weighted by Gasteiger charge is 2.26. The first-order chi connectivity index (χ1) is 16.7. The molecule has 0 saturated carbocycles. The number of sulfonamides is 1. The summed E-state index contributed by atoms with van der Waals surface area (Å²) in [5.41, 5.74) is 1.51. The van der Waals surface area contributed by atoms with Crippen LogP contribution in [0.25, 0.3) is 0 Å². The smallest absolute Gasteiger partial charge is 0.242 e. The molecule has 0 unspecified atom stereocenters. The van der Waals surface area contributed by atoms with Gasteiger partial charge in [-0.2, -0.15) is 0 Å². The van der Waals surface area contributed by atoms with Crippen molar-refractivity contribution in [2.24, 2.45) is 0 Å². The van der Waals surface area contributed by atoms with Crippen molar-refractivity contribution in [1.82, 2.24) is 10.2 Å². The Balaban J connectivity index is 1.67. The summed E-state index contributed by atoms with van der Waals surface area (Å²) in [6, 6.07) is 14.1. The minimum atomic E-state index is -3.59. The van der Waals surface area contributed by atoms with E-state index in [4.69, 9.17) is 9.47 Å². The number of fused-ring (bicyclic) bond motifs is 1. The Bertz CT molecular complexity index is 1120. The normalized spacial score (nSPS) is 13.2. The van der Waals surface area contributed by atoms with Crippen molar-refractivity contribution < 1.29 is 27.5 Å². The third-order valence-corrected chi connectivity index (χ3v) is 6.99. The predicted molar refractivity (Wildman–Crippen MR) is 134 cm³/mol. The highest BCUT2D eigenvalue weighted by Crippen LogP contribution is 2.36. The second-order valence-electron chi connectivity index (χ2n) is 8.37. The molecule has 1 N–H and O–H groups in total. The zero-order valence-electron chi connectivity index (χ0n) is 20.4. The maximum absolute atomic E-state index is 13.2. The molecule has 0 aliphatic carbocycles. The Morgan fingerprint density at radius 3 is 2.46 bits per heavy atom. The fourth-order valence-electron chi connectivity index (χ4n) is 3.94. The molecule has 1 aliphatic rings. The van der Waals surface area contributed by atoms with E-state index in [1.54, 1.807) is 30.0 Å². The van der Waals surface area contributed by atoms with Crippen LogP contribution in [-0.2, 0) is 26.0 Å². The molecule has 1 atom stereocenters. The zero-order chi connectivity index (χ0) is 25.4. The fourth-order valence-corrected chi connectivity index (χ4v) is 4.89. The van der Waals surface area contributed by atoms with Gasteiger partial charge in [0.05, 0.1) is 11.9 Å². The molecule has 1 aliphatic heterocycles. The van der Waals surface area contributed by atoms with Gasteiger partial charge in [-0.05, 0) is 44.4 Å². The number of anilines is 1. The summed E-state index contributed by atoms with van der Waals surface area (Å²) in [6.07, 6.45) is 2.14. The number of likely N-dealkylation sites (N-methyl/N-ethyl adjacent to an activating group) is 1. The topological polar surface area (TPSA) is 105 Å². The highest BCUT2D eigenvalue weighted by molar-refractivity contribution is 7.92. The highest BCUT2D eigenvalue weighted by atomic mass is 32.2. The first kappa shape index (κ1) is 26.3. The molecule has 0 fully saturated rings. The van der Waals surface area contributed by atoms with E-state index >= 15 is 0 Å². The lowest BCUT2D eigenvalue weighted by Crippen LogP contribution is -2.48. The number of nitrogens with zero attached hydrogens (tertiary/aromatic N) is 2. The van der Waals surface area contributed by atoms with Gasteiger partial charge in [-0.25, -0.2) is 8.42 Å². The van der Waals surface area contributed by atoms with Gasteiger partial charge in [0.15, 0.2) is 11.5 Å². The Hall–Kier alpha value is -3.27. The number of ether oxygens (including phenoxy) is 2. The fraction of sp³-hybridized carbons (Fsp3) is 0.440. The summed E-state index contributed by atoms with van der Waals surface area (Å²) in [7, 11) is -3.59. The first-order valence-electron chi connectivity index (χ1n) is 11.7. The van der Waals surface area contributed by atoms with Crippen molar-refractivity contribution in [3.63, 3.8) is 0 Å². The molecular weight excluding hydrogens is 470 g/mol. The molecule has 0 aromatic heterocycles. The lowest BCUT2D eigenvalue weighted by atomic mass is 10.1. The molecule has 1 heterocycles. The zero-order valence-corrected chi connectivity index (χ0v) is 21.2. The van der Waals surface area contributed by atoms with Crippen LogP contribution in [0.1, 0.15) is 32.3 Å². The van der Waals surface area contributed by atoms with Crippen LogP contribution in [0.15, 0.2) is 48.5 Å². The molecule has 2 aromatic rings. The Labute approximate surface area is 207 Å². The summed E-state index contributed by atoms with van der Waals surface area (Å²) in [5, 5.41) is 2.77. The van der Waals surface area contributed by atoms with Crippen molar-refractivity contribution in [2.75, 3.05) is 37.0 Å². The molecule has 3 rings (SSSR count). The van der Waals surface area contributed by atoms with E-state index in [1.807, 2.05) is 37.3 Å². The van der Waals surface area contributed by atoms with Crippen molar-refractivity contribution in [2.45, 2.75) is 39.2 Å². The summed E-state index contributed by atoms with van der Waals surface area (Å²) in [4.78, 5) is 27.2. The lowest BCUT2D eigenvalue weighted by Gasteiger charge is -2.29. The van der Waals surface area contributed by atoms with Crippen LogP contribution < -0.4 is 19.1 Å². The SMILES string of the molecule is CCNC(=O)[C@@H](C)N(CCc1ccccc1)C(=O)CCCN(c1ccc2c(c1)OCO2)S(C)(=O)=O. The summed E-state index contributed by atoms with van der Waals surface area (Å²) in [5.74, 6) is 0.631. The van der Waals surface area contributed by atoms with E-state index in [0.29, 0.717) is 43.1 Å². The van der Waals surface area contributed by atoms with E-state index in [2.05, 4.69) is 5.32 Å². The standard InChI is InChI=1S/C25H33N3O6S/c1-4-26-25(30)19(2)27(16-14-20-9-6-5-7-10-20)24(29)11-8-15-28(35(3,31)32)21-12-13-22-23(17-21)34-18-33-22/h5-7,9-10,12-13,17,19H,4,8,11,14-16,18H2,1-3H3,(H,26,30)/t19-/m1/s1. The molecule has 0 bridgehead atoms. The van der Waals surface area contributed by atoms with Gasteiger partial charge in [0.25, 0.3) is 0 Å². The summed E-state index contributed by atoms with van der Waals surface area (Å²) < 4.78 is 36.9. The molecule has 9 nitrogen and oxygen atoms in total. The van der Waals surface area contributed by atoms with E-state index in [9.17, 15) is 18.0 Å². The van der Waals surface area contributed by atoms with Gasteiger partial charge in [0.2, 0.25) is 28.6 Å². The average molecular weight is 504 g/mol. The van der Waals surface area contributed by atoms with Gasteiger partial charge < -0.3 is 19.7 Å². The maximum Gasteiger partial charge on any atom is 0.242 e. The van der Waals surface area contributed by atoms with Crippen LogP contribution in [0.5, 0.6) is 11.5 Å². The quantitative estimate of drug-likeness (QED) is 0.477. The number of nitrogens with one attached hydrogen (secondary N) is 1. The van der Waals surface area contributed by atoms with Gasteiger partial charge in [-0.15, -0.1) is 0 Å².